The van der Waals surface area contributed by atoms with Crippen molar-refractivity contribution in [3.05, 3.63) is 30.1 Å². The molecule has 170 valence electrons. The minimum Gasteiger partial charge on any atom is -0.432 e. The lowest BCUT2D eigenvalue weighted by Crippen LogP contribution is -2.59. The Bertz CT molecular complexity index is 817. The van der Waals surface area contributed by atoms with Crippen LogP contribution in [-0.4, -0.2) is 36.1 Å². The molecule has 2 saturated carbocycles. The zero-order valence-corrected chi connectivity index (χ0v) is 16.8. The van der Waals surface area contributed by atoms with E-state index in [1.165, 1.54) is 0 Å². The average Bonchev–Trinajstić information content (AvgIpc) is 3.46. The quantitative estimate of drug-likeness (QED) is 0.502. The second-order valence-corrected chi connectivity index (χ2v) is 8.37. The third kappa shape index (κ3) is 6.79. The maximum absolute atomic E-state index is 14.4. The maximum atomic E-state index is 14.4. The number of rotatable bonds is 11. The topological polar surface area (TPSA) is 74.2 Å². The predicted molar refractivity (Wildman–Crippen MR) is 101 cm³/mol. The van der Waals surface area contributed by atoms with E-state index in [1.54, 1.807) is 0 Å². The van der Waals surface area contributed by atoms with Crippen molar-refractivity contribution in [3.63, 3.8) is 0 Å². The van der Waals surface area contributed by atoms with Gasteiger partial charge in [-0.3, -0.25) is 10.1 Å². The van der Waals surface area contributed by atoms with Crippen molar-refractivity contribution >= 4 is 5.91 Å². The Morgan fingerprint density at radius 1 is 1.23 bits per heavy atom. The van der Waals surface area contributed by atoms with E-state index in [4.69, 9.17) is 0 Å². The first kappa shape index (κ1) is 23.3. The Kier molecular flexibility index (Phi) is 6.74. The molecule has 10 heteroatoms. The summed E-state index contributed by atoms with van der Waals surface area (Å²) in [6, 6.07) is 4.21. The summed E-state index contributed by atoms with van der Waals surface area (Å²) in [5.74, 6) is -5.21. The van der Waals surface area contributed by atoms with Gasteiger partial charge in [0.05, 0.1) is 12.1 Å². The molecule has 2 N–H and O–H groups in total. The number of carbonyl (C=O) groups is 1. The molecule has 2 aliphatic carbocycles. The number of benzene rings is 1. The summed E-state index contributed by atoms with van der Waals surface area (Å²) in [7, 11) is 0. The molecule has 0 saturated heterocycles. The zero-order chi connectivity index (χ0) is 22.7. The van der Waals surface area contributed by atoms with Gasteiger partial charge in [0.15, 0.2) is 0 Å². The molecule has 1 amide bonds. The summed E-state index contributed by atoms with van der Waals surface area (Å²) < 4.78 is 74.7. The molecule has 0 heterocycles. The lowest BCUT2D eigenvalue weighted by Gasteiger charge is -2.37. The first-order chi connectivity index (χ1) is 14.5. The van der Waals surface area contributed by atoms with E-state index in [2.05, 4.69) is 15.4 Å². The molecule has 2 fully saturated rings. The molecule has 0 aromatic heterocycles. The van der Waals surface area contributed by atoms with Gasteiger partial charge in [0.2, 0.25) is 11.8 Å². The fourth-order valence-electron chi connectivity index (χ4n) is 3.46. The molecule has 3 rings (SSSR count). The molecule has 2 aliphatic rings. The van der Waals surface area contributed by atoms with Crippen LogP contribution in [0.25, 0.3) is 0 Å². The fraction of sp³-hybridized carbons (Fsp3) is 0.619. The average molecular weight is 445 g/mol. The molecular weight excluding hydrogens is 421 g/mol. The predicted octanol–water partition coefficient (Wildman–Crippen LogP) is 4.14. The first-order valence-electron chi connectivity index (χ1n) is 10.2. The number of alkyl halides is 4. The van der Waals surface area contributed by atoms with Crippen molar-refractivity contribution in [2.45, 2.75) is 68.6 Å². The Morgan fingerprint density at radius 3 is 2.39 bits per heavy atom. The minimum absolute atomic E-state index is 0.126. The number of nitrogens with one attached hydrogen (secondary N) is 2. The zero-order valence-electron chi connectivity index (χ0n) is 16.8. The SMILES string of the molecule is N#CC1(NC(=O)[C@H](CC(F)(F)CC2CC2)NCC(F)(F)Oc2ccc(F)cc2)CCC1. The van der Waals surface area contributed by atoms with Crippen molar-refractivity contribution in [2.24, 2.45) is 5.92 Å². The maximum Gasteiger partial charge on any atom is 0.410 e. The van der Waals surface area contributed by atoms with Crippen LogP contribution < -0.4 is 15.4 Å². The van der Waals surface area contributed by atoms with E-state index in [9.17, 15) is 32.0 Å². The fourth-order valence-corrected chi connectivity index (χ4v) is 3.46. The third-order valence-electron chi connectivity index (χ3n) is 5.52. The number of ether oxygens (including phenoxy) is 1. The minimum atomic E-state index is -3.84. The monoisotopic (exact) mass is 445 g/mol. The van der Waals surface area contributed by atoms with Gasteiger partial charge in [-0.05, 0) is 62.3 Å². The van der Waals surface area contributed by atoms with E-state index >= 15 is 0 Å². The Labute approximate surface area is 176 Å². The number of hydrogen-bond donors (Lipinski definition) is 2. The third-order valence-corrected chi connectivity index (χ3v) is 5.52. The Morgan fingerprint density at radius 2 is 1.87 bits per heavy atom. The van der Waals surface area contributed by atoms with E-state index in [0.29, 0.717) is 32.1 Å². The second-order valence-electron chi connectivity index (χ2n) is 8.37. The molecule has 0 bridgehead atoms. The van der Waals surface area contributed by atoms with Crippen molar-refractivity contribution in [1.29, 1.82) is 5.26 Å². The molecule has 31 heavy (non-hydrogen) atoms. The van der Waals surface area contributed by atoms with Gasteiger partial charge in [0.25, 0.3) is 0 Å². The highest BCUT2D eigenvalue weighted by atomic mass is 19.3. The van der Waals surface area contributed by atoms with Crippen molar-refractivity contribution in [3.8, 4) is 11.8 Å². The highest BCUT2D eigenvalue weighted by Crippen LogP contribution is 2.41. The van der Waals surface area contributed by atoms with Crippen LogP contribution in [-0.2, 0) is 4.79 Å². The number of hydrogen-bond acceptors (Lipinski definition) is 4. The van der Waals surface area contributed by atoms with Crippen LogP contribution in [0.5, 0.6) is 5.75 Å². The summed E-state index contributed by atoms with van der Waals surface area (Å²) in [6.07, 6.45) is -2.40. The highest BCUT2D eigenvalue weighted by molar-refractivity contribution is 5.83. The lowest BCUT2D eigenvalue weighted by molar-refractivity contribution is -0.174. The van der Waals surface area contributed by atoms with E-state index < -0.39 is 54.7 Å². The number of nitrogens with zero attached hydrogens (tertiary/aromatic N) is 1. The standard InChI is InChI=1S/C21H24F5N3O2/c22-15-4-6-16(7-5-15)31-21(25,26)13-28-17(11-20(23,24)10-14-2-3-14)18(30)29-19(12-27)8-1-9-19/h4-7,14,17,28H,1-3,8-11,13H2,(H,29,30)/t17-/m0/s1. The summed E-state index contributed by atoms with van der Waals surface area (Å²) in [6.45, 7) is -1.22. The van der Waals surface area contributed by atoms with Crippen LogP contribution in [0, 0.1) is 23.1 Å². The van der Waals surface area contributed by atoms with E-state index in [0.717, 1.165) is 24.3 Å². The van der Waals surface area contributed by atoms with E-state index in [-0.39, 0.29) is 11.7 Å². The normalized spacial score (nSPS) is 19.1. The Hall–Kier alpha value is -2.41. The number of carbonyl (C=O) groups excluding carboxylic acids is 1. The smallest absolute Gasteiger partial charge is 0.410 e. The summed E-state index contributed by atoms with van der Waals surface area (Å²) >= 11 is 0. The van der Waals surface area contributed by atoms with Gasteiger partial charge < -0.3 is 10.1 Å². The van der Waals surface area contributed by atoms with E-state index in [1.807, 2.05) is 6.07 Å². The molecule has 0 radical (unpaired) electrons. The molecular formula is C21H24F5N3O2. The van der Waals surface area contributed by atoms with Gasteiger partial charge in [0, 0.05) is 12.8 Å². The summed E-state index contributed by atoms with van der Waals surface area (Å²) in [5, 5.41) is 13.9. The molecule has 0 unspecified atom stereocenters. The number of halogens is 5. The van der Waals surface area contributed by atoms with Crippen LogP contribution in [0.1, 0.15) is 44.9 Å². The van der Waals surface area contributed by atoms with Gasteiger partial charge in [0.1, 0.15) is 23.7 Å². The first-order valence-corrected chi connectivity index (χ1v) is 10.2. The van der Waals surface area contributed by atoms with Crippen molar-refractivity contribution in [1.82, 2.24) is 10.6 Å². The molecule has 0 aliphatic heterocycles. The van der Waals surface area contributed by atoms with Crippen LogP contribution in [0.4, 0.5) is 22.0 Å². The van der Waals surface area contributed by atoms with Crippen LogP contribution in [0.3, 0.4) is 0 Å². The Balaban J connectivity index is 1.65. The molecule has 1 atom stereocenters. The van der Waals surface area contributed by atoms with Gasteiger partial charge in [-0.25, -0.2) is 13.2 Å². The van der Waals surface area contributed by atoms with Crippen molar-refractivity contribution < 1.29 is 31.5 Å². The van der Waals surface area contributed by atoms with Gasteiger partial charge in [-0.15, -0.1) is 0 Å². The van der Waals surface area contributed by atoms with Crippen LogP contribution >= 0.6 is 0 Å². The molecule has 5 nitrogen and oxygen atoms in total. The summed E-state index contributed by atoms with van der Waals surface area (Å²) in [4.78, 5) is 12.6. The lowest BCUT2D eigenvalue weighted by atomic mass is 9.78. The molecule has 0 spiro atoms. The van der Waals surface area contributed by atoms with Gasteiger partial charge in [-0.1, -0.05) is 0 Å². The molecule has 1 aromatic carbocycles. The van der Waals surface area contributed by atoms with Gasteiger partial charge in [-0.2, -0.15) is 14.0 Å². The largest absolute Gasteiger partial charge is 0.432 e. The van der Waals surface area contributed by atoms with Crippen LogP contribution in [0.15, 0.2) is 24.3 Å². The highest BCUT2D eigenvalue weighted by Gasteiger charge is 2.45. The second kappa shape index (κ2) is 8.99. The van der Waals surface area contributed by atoms with Crippen LogP contribution in [0.2, 0.25) is 0 Å². The van der Waals surface area contributed by atoms with Gasteiger partial charge >= 0.3 is 6.11 Å². The molecule has 1 aromatic rings. The van der Waals surface area contributed by atoms with Crippen molar-refractivity contribution in [2.75, 3.05) is 6.54 Å². The number of amides is 1. The number of nitriles is 1. The summed E-state index contributed by atoms with van der Waals surface area (Å²) in [5.41, 5.74) is -1.14.